The van der Waals surface area contributed by atoms with E-state index in [-0.39, 0.29) is 12.3 Å². The van der Waals surface area contributed by atoms with Crippen molar-refractivity contribution in [1.82, 2.24) is 4.98 Å². The van der Waals surface area contributed by atoms with Crippen molar-refractivity contribution in [1.29, 1.82) is 5.26 Å². The Labute approximate surface area is 167 Å². The zero-order valence-corrected chi connectivity index (χ0v) is 17.6. The minimum absolute atomic E-state index is 0.00923. The van der Waals surface area contributed by atoms with Crippen LogP contribution in [-0.2, 0) is 0 Å². The van der Waals surface area contributed by atoms with Crippen molar-refractivity contribution < 1.29 is 8.78 Å². The molecular formula is C23H29F2N3. The van der Waals surface area contributed by atoms with Gasteiger partial charge in [0.05, 0.1) is 5.69 Å². The van der Waals surface area contributed by atoms with Crippen LogP contribution in [-0.4, -0.2) is 19.1 Å². The van der Waals surface area contributed by atoms with Crippen molar-refractivity contribution in [2.45, 2.75) is 40.5 Å². The van der Waals surface area contributed by atoms with Gasteiger partial charge in [-0.1, -0.05) is 39.3 Å². The van der Waals surface area contributed by atoms with Crippen molar-refractivity contribution in [3.63, 3.8) is 0 Å². The predicted molar refractivity (Wildman–Crippen MR) is 111 cm³/mol. The number of hydrogen-bond acceptors (Lipinski definition) is 3. The molecule has 0 spiro atoms. The lowest BCUT2D eigenvalue weighted by Gasteiger charge is -2.42. The summed E-state index contributed by atoms with van der Waals surface area (Å²) >= 11 is 0. The Morgan fingerprint density at radius 2 is 2.11 bits per heavy atom. The molecule has 28 heavy (non-hydrogen) atoms. The third-order valence-electron chi connectivity index (χ3n) is 6.06. The van der Waals surface area contributed by atoms with Gasteiger partial charge in [0.2, 0.25) is 0 Å². The number of halogens is 2. The van der Waals surface area contributed by atoms with Gasteiger partial charge in [-0.05, 0) is 30.4 Å². The third-order valence-corrected chi connectivity index (χ3v) is 6.06. The molecule has 5 heteroatoms. The Kier molecular flexibility index (Phi) is 6.77. The molecule has 1 aliphatic carbocycles. The maximum Gasteiger partial charge on any atom is 0.149 e. The minimum atomic E-state index is -0.793. The fourth-order valence-electron chi connectivity index (χ4n) is 3.99. The largest absolute Gasteiger partial charge is 0.378 e. The van der Waals surface area contributed by atoms with Gasteiger partial charge in [0.15, 0.2) is 0 Å². The Hall–Kier alpha value is -2.48. The fraction of sp³-hybridized carbons (Fsp3) is 0.478. The highest BCUT2D eigenvalue weighted by Gasteiger charge is 2.44. The summed E-state index contributed by atoms with van der Waals surface area (Å²) in [6.07, 6.45) is 6.46. The number of allylic oxidation sites excluding steroid dienone is 6. The monoisotopic (exact) mass is 385 g/mol. The predicted octanol–water partition coefficient (Wildman–Crippen LogP) is 6.22. The molecule has 3 nitrogen and oxygen atoms in total. The molecular weight excluding hydrogens is 356 g/mol. The summed E-state index contributed by atoms with van der Waals surface area (Å²) in [5.74, 6) is -1.75. The van der Waals surface area contributed by atoms with Crippen LogP contribution >= 0.6 is 0 Å². The van der Waals surface area contributed by atoms with E-state index < -0.39 is 28.6 Å². The molecule has 0 N–H and O–H groups in total. The highest BCUT2D eigenvalue weighted by atomic mass is 19.1. The van der Waals surface area contributed by atoms with Crippen molar-refractivity contribution in [2.24, 2.45) is 17.3 Å². The highest BCUT2D eigenvalue weighted by molar-refractivity contribution is 5.76. The molecule has 3 atom stereocenters. The molecule has 1 heterocycles. The fourth-order valence-corrected chi connectivity index (χ4v) is 3.99. The Bertz CT molecular complexity index is 861. The van der Waals surface area contributed by atoms with Gasteiger partial charge in [-0.25, -0.2) is 8.78 Å². The van der Waals surface area contributed by atoms with Crippen LogP contribution in [0.1, 0.15) is 46.2 Å². The van der Waals surface area contributed by atoms with Crippen LogP contribution in [0.3, 0.4) is 0 Å². The zero-order chi connectivity index (χ0) is 21.1. The van der Waals surface area contributed by atoms with Gasteiger partial charge < -0.3 is 4.90 Å². The lowest BCUT2D eigenvalue weighted by atomic mass is 9.61. The van der Waals surface area contributed by atoms with Gasteiger partial charge >= 0.3 is 0 Å². The lowest BCUT2D eigenvalue weighted by Crippen LogP contribution is -2.35. The van der Waals surface area contributed by atoms with Gasteiger partial charge in [0.25, 0.3) is 0 Å². The molecule has 0 fully saturated rings. The molecule has 0 amide bonds. The van der Waals surface area contributed by atoms with Crippen molar-refractivity contribution in [3.8, 4) is 6.07 Å². The van der Waals surface area contributed by atoms with Crippen LogP contribution in [0, 0.1) is 28.6 Å². The summed E-state index contributed by atoms with van der Waals surface area (Å²) in [5, 5.41) is 9.32. The number of pyridine rings is 1. The molecule has 2 rings (SSSR count). The Morgan fingerprint density at radius 3 is 2.64 bits per heavy atom. The summed E-state index contributed by atoms with van der Waals surface area (Å²) in [6, 6.07) is 5.34. The lowest BCUT2D eigenvalue weighted by molar-refractivity contribution is 0.189. The van der Waals surface area contributed by atoms with E-state index >= 15 is 4.39 Å². The summed E-state index contributed by atoms with van der Waals surface area (Å²) in [5.41, 5.74) is 0.657. The highest BCUT2D eigenvalue weighted by Crippen LogP contribution is 2.53. The average molecular weight is 386 g/mol. The molecule has 0 bridgehead atoms. The van der Waals surface area contributed by atoms with Crippen LogP contribution in [0.15, 0.2) is 47.7 Å². The molecule has 1 aliphatic rings. The maximum atomic E-state index is 15.5. The molecule has 1 aromatic heterocycles. The second kappa shape index (κ2) is 8.68. The van der Waals surface area contributed by atoms with Crippen molar-refractivity contribution >= 4 is 11.3 Å². The number of nitriles is 1. The van der Waals surface area contributed by atoms with E-state index in [1.165, 1.54) is 0 Å². The molecule has 3 unspecified atom stereocenters. The molecule has 0 aliphatic heterocycles. The first-order chi connectivity index (χ1) is 13.2. The van der Waals surface area contributed by atoms with E-state index in [0.29, 0.717) is 11.3 Å². The van der Waals surface area contributed by atoms with Crippen LogP contribution in [0.4, 0.5) is 14.5 Å². The second-order valence-electron chi connectivity index (χ2n) is 7.85. The van der Waals surface area contributed by atoms with Gasteiger partial charge in [0.1, 0.15) is 23.3 Å². The number of nitrogens with zero attached hydrogens (tertiary/aromatic N) is 3. The molecule has 0 aromatic carbocycles. The van der Waals surface area contributed by atoms with Crippen LogP contribution < -0.4 is 4.90 Å². The zero-order valence-electron chi connectivity index (χ0n) is 17.6. The van der Waals surface area contributed by atoms with E-state index in [0.717, 1.165) is 12.1 Å². The topological polar surface area (TPSA) is 39.9 Å². The smallest absolute Gasteiger partial charge is 0.149 e. The molecule has 1 aromatic rings. The van der Waals surface area contributed by atoms with E-state index in [9.17, 15) is 9.65 Å². The first kappa shape index (κ1) is 21.8. The molecule has 150 valence electrons. The Balaban J connectivity index is 2.78. The van der Waals surface area contributed by atoms with Crippen LogP contribution in [0.25, 0.3) is 5.57 Å². The first-order valence-corrected chi connectivity index (χ1v) is 9.67. The van der Waals surface area contributed by atoms with Gasteiger partial charge in [-0.15, -0.1) is 0 Å². The number of aromatic nitrogens is 1. The molecule has 0 saturated carbocycles. The maximum absolute atomic E-state index is 15.5. The average Bonchev–Trinajstić information content (AvgIpc) is 2.67. The van der Waals surface area contributed by atoms with Crippen LogP contribution in [0.2, 0.25) is 0 Å². The SMILES string of the molecule is CC=CC(C)(C(C)CC)C1CC(F)=C(C#N)C(F)=C1c1cc(N(C)C)ccn1. The summed E-state index contributed by atoms with van der Waals surface area (Å²) in [6.45, 7) is 8.13. The van der Waals surface area contributed by atoms with E-state index in [2.05, 4.69) is 18.8 Å². The normalized spacial score (nSPS) is 20.9. The number of rotatable bonds is 6. The third kappa shape index (κ3) is 3.87. The van der Waals surface area contributed by atoms with Gasteiger partial charge in [-0.3, -0.25) is 4.98 Å². The second-order valence-corrected chi connectivity index (χ2v) is 7.85. The number of hydrogen-bond donors (Lipinski definition) is 0. The van der Waals surface area contributed by atoms with Gasteiger partial charge in [-0.2, -0.15) is 5.26 Å². The standard InChI is InChI=1S/C23H29F2N3/c1-7-10-23(4,15(3)8-2)18-13-19(24)17(14-26)22(25)21(18)20-12-16(28(5)6)9-11-27-20/h7,9-12,15,18H,8,13H2,1-6H3. The molecule has 0 saturated heterocycles. The van der Waals surface area contributed by atoms with Crippen molar-refractivity contribution in [3.05, 3.63) is 53.4 Å². The number of anilines is 1. The summed E-state index contributed by atoms with van der Waals surface area (Å²) < 4.78 is 30.2. The minimum Gasteiger partial charge on any atom is -0.378 e. The molecule has 0 radical (unpaired) electrons. The first-order valence-electron chi connectivity index (χ1n) is 9.67. The summed E-state index contributed by atoms with van der Waals surface area (Å²) in [4.78, 5) is 6.30. The summed E-state index contributed by atoms with van der Waals surface area (Å²) in [7, 11) is 3.79. The van der Waals surface area contributed by atoms with Crippen molar-refractivity contribution in [2.75, 3.05) is 19.0 Å². The van der Waals surface area contributed by atoms with E-state index in [1.807, 2.05) is 51.1 Å². The quantitative estimate of drug-likeness (QED) is 0.545. The van der Waals surface area contributed by atoms with E-state index in [1.54, 1.807) is 18.3 Å². The van der Waals surface area contributed by atoms with Gasteiger partial charge in [0, 0.05) is 43.9 Å². The van der Waals surface area contributed by atoms with Crippen LogP contribution in [0.5, 0.6) is 0 Å². The Morgan fingerprint density at radius 1 is 1.43 bits per heavy atom. The van der Waals surface area contributed by atoms with E-state index in [4.69, 9.17) is 0 Å².